The van der Waals surface area contributed by atoms with Crippen LogP contribution >= 0.6 is 23.2 Å². The molecule has 6 nitrogen and oxygen atoms in total. The number of aryl methyl sites for hydroxylation is 2. The first-order chi connectivity index (χ1) is 16.2. The van der Waals surface area contributed by atoms with Gasteiger partial charge in [-0.2, -0.15) is 5.01 Å². The summed E-state index contributed by atoms with van der Waals surface area (Å²) < 4.78 is 0. The summed E-state index contributed by atoms with van der Waals surface area (Å²) in [6.45, 7) is 3.35. The van der Waals surface area contributed by atoms with E-state index in [1.807, 2.05) is 32.1 Å². The van der Waals surface area contributed by atoms with Crippen molar-refractivity contribution in [1.82, 2.24) is 10.0 Å². The highest BCUT2D eigenvalue weighted by Gasteiger charge is 2.61. The highest BCUT2D eigenvalue weighted by atomic mass is 35.5. The van der Waals surface area contributed by atoms with E-state index < -0.39 is 36.1 Å². The molecule has 3 aliphatic rings. The van der Waals surface area contributed by atoms with Crippen LogP contribution in [0.15, 0.2) is 48.6 Å². The number of imide groups is 1. The molecule has 1 heterocycles. The number of carbonyl (C=O) groups is 4. The number of hydrazine groups is 1. The Morgan fingerprint density at radius 1 is 0.941 bits per heavy atom. The van der Waals surface area contributed by atoms with Crippen molar-refractivity contribution >= 4 is 46.7 Å². The summed E-state index contributed by atoms with van der Waals surface area (Å²) in [6, 6.07) is 9.57. The smallest absolute Gasteiger partial charge is 0.274 e. The predicted octanol–water partition coefficient (Wildman–Crippen LogP) is 4.66. The second kappa shape index (κ2) is 8.36. The maximum atomic E-state index is 13.6. The van der Waals surface area contributed by atoms with Crippen molar-refractivity contribution in [3.63, 3.8) is 0 Å². The lowest BCUT2D eigenvalue weighted by molar-refractivity contribution is -0.154. The molecule has 174 valence electrons. The largest absolute Gasteiger partial charge is 0.292 e. The molecular formula is C26H22Cl2N2O4. The van der Waals surface area contributed by atoms with Crippen LogP contribution in [0.5, 0.6) is 0 Å². The van der Waals surface area contributed by atoms with Crippen molar-refractivity contribution < 1.29 is 19.2 Å². The van der Waals surface area contributed by atoms with Gasteiger partial charge in [0.1, 0.15) is 6.54 Å². The first-order valence-corrected chi connectivity index (χ1v) is 11.9. The van der Waals surface area contributed by atoms with Crippen LogP contribution in [0, 0.1) is 37.5 Å². The van der Waals surface area contributed by atoms with Crippen molar-refractivity contribution in [2.45, 2.75) is 20.3 Å². The minimum Gasteiger partial charge on any atom is -0.292 e. The minimum absolute atomic E-state index is 0.0250. The Morgan fingerprint density at radius 2 is 1.59 bits per heavy atom. The number of hydrogen-bond donors (Lipinski definition) is 0. The Bertz CT molecular complexity index is 1260. The van der Waals surface area contributed by atoms with Gasteiger partial charge in [-0.05, 0) is 67.5 Å². The molecule has 34 heavy (non-hydrogen) atoms. The molecule has 0 unspecified atom stereocenters. The summed E-state index contributed by atoms with van der Waals surface area (Å²) in [4.78, 5) is 53.7. The van der Waals surface area contributed by atoms with Crippen molar-refractivity contribution in [3.8, 4) is 0 Å². The van der Waals surface area contributed by atoms with Gasteiger partial charge in [-0.25, -0.2) is 5.01 Å². The van der Waals surface area contributed by atoms with E-state index in [1.165, 1.54) is 18.2 Å². The fraction of sp³-hybridized carbons (Fsp3) is 0.308. The van der Waals surface area contributed by atoms with Crippen molar-refractivity contribution in [2.24, 2.45) is 23.7 Å². The van der Waals surface area contributed by atoms with E-state index in [0.29, 0.717) is 10.6 Å². The predicted molar refractivity (Wildman–Crippen MR) is 127 cm³/mol. The number of benzene rings is 2. The second-order valence-electron chi connectivity index (χ2n) is 9.20. The molecule has 0 radical (unpaired) electrons. The Kier molecular flexibility index (Phi) is 5.61. The molecule has 4 atom stereocenters. The molecule has 0 N–H and O–H groups in total. The van der Waals surface area contributed by atoms with Gasteiger partial charge in [0, 0.05) is 10.6 Å². The van der Waals surface area contributed by atoms with Gasteiger partial charge in [0.05, 0.1) is 22.4 Å². The van der Waals surface area contributed by atoms with Crippen LogP contribution < -0.4 is 0 Å². The molecule has 1 aliphatic heterocycles. The van der Waals surface area contributed by atoms with E-state index in [4.69, 9.17) is 23.2 Å². The monoisotopic (exact) mass is 496 g/mol. The van der Waals surface area contributed by atoms with Crippen LogP contribution in [0.3, 0.4) is 0 Å². The highest BCUT2D eigenvalue weighted by molar-refractivity contribution is 6.36. The summed E-state index contributed by atoms with van der Waals surface area (Å²) in [5.41, 5.74) is 2.40. The lowest BCUT2D eigenvalue weighted by Gasteiger charge is -2.31. The third kappa shape index (κ3) is 3.56. The number of rotatable bonds is 5. The lowest BCUT2D eigenvalue weighted by Crippen LogP contribution is -2.52. The molecule has 1 saturated carbocycles. The molecule has 5 rings (SSSR count). The normalized spacial score (nSPS) is 24.6. The standard InChI is InChI=1S/C26H22Cl2N2O4/c1-13-3-4-15(9-14(13)2)21(31)12-29(24(32)19-8-7-18(27)11-20(19)28)30-25(33)22-16-5-6-17(10-16)23(22)26(30)34/h3-9,11,16-17,22-23H,10,12H2,1-2H3/t16-,17-,22+,23+/m0/s1. The maximum Gasteiger partial charge on any atom is 0.274 e. The van der Waals surface area contributed by atoms with Gasteiger partial charge in [-0.1, -0.05) is 47.5 Å². The Balaban J connectivity index is 1.52. The summed E-state index contributed by atoms with van der Waals surface area (Å²) in [5, 5.41) is 2.25. The molecule has 2 bridgehead atoms. The van der Waals surface area contributed by atoms with E-state index in [9.17, 15) is 19.2 Å². The minimum atomic E-state index is -0.708. The maximum absolute atomic E-state index is 13.6. The third-order valence-corrected chi connectivity index (χ3v) is 7.75. The second-order valence-corrected chi connectivity index (χ2v) is 10.0. The Hall–Kier alpha value is -2.96. The molecule has 1 saturated heterocycles. The number of carbonyl (C=O) groups excluding carboxylic acids is 4. The van der Waals surface area contributed by atoms with Gasteiger partial charge in [0.2, 0.25) is 0 Å². The van der Waals surface area contributed by atoms with Gasteiger partial charge in [0.25, 0.3) is 17.7 Å². The average molecular weight is 497 g/mol. The number of ketones is 1. The molecule has 2 fully saturated rings. The van der Waals surface area contributed by atoms with E-state index in [1.54, 1.807) is 12.1 Å². The molecule has 3 amide bonds. The van der Waals surface area contributed by atoms with Gasteiger partial charge >= 0.3 is 0 Å². The van der Waals surface area contributed by atoms with Crippen LogP contribution in [-0.4, -0.2) is 40.1 Å². The number of allylic oxidation sites excluding steroid dienone is 2. The Labute approximate surface area is 207 Å². The van der Waals surface area contributed by atoms with Gasteiger partial charge in [0.15, 0.2) is 5.78 Å². The molecule has 2 aromatic carbocycles. The number of hydrogen-bond acceptors (Lipinski definition) is 4. The number of amides is 3. The van der Waals surface area contributed by atoms with Crippen LogP contribution in [0.2, 0.25) is 10.0 Å². The fourth-order valence-electron chi connectivity index (χ4n) is 5.30. The number of Topliss-reactive ketones (excluding diaryl/α,β-unsaturated/α-hetero) is 1. The SMILES string of the molecule is Cc1ccc(C(=O)CN(C(=O)c2ccc(Cl)cc2Cl)N2C(=O)[C@H]3[C@H](C2=O)[C@H]2C=C[C@H]3C2)cc1C. The van der Waals surface area contributed by atoms with Crippen molar-refractivity contribution in [1.29, 1.82) is 0 Å². The van der Waals surface area contributed by atoms with Crippen LogP contribution in [0.4, 0.5) is 0 Å². The summed E-state index contributed by atoms with van der Waals surface area (Å²) in [7, 11) is 0. The van der Waals surface area contributed by atoms with Crippen LogP contribution in [0.25, 0.3) is 0 Å². The molecule has 2 aliphatic carbocycles. The molecule has 8 heteroatoms. The number of fused-ring (bicyclic) bond motifs is 5. The lowest BCUT2D eigenvalue weighted by atomic mass is 9.85. The van der Waals surface area contributed by atoms with Gasteiger partial charge < -0.3 is 0 Å². The zero-order chi connectivity index (χ0) is 24.3. The van der Waals surface area contributed by atoms with Crippen molar-refractivity contribution in [2.75, 3.05) is 6.54 Å². The van der Waals surface area contributed by atoms with E-state index in [-0.39, 0.29) is 28.2 Å². The fourth-order valence-corrected chi connectivity index (χ4v) is 5.79. The van der Waals surface area contributed by atoms with Crippen molar-refractivity contribution in [3.05, 3.63) is 80.8 Å². The number of halogens is 2. The average Bonchev–Trinajstić information content (AvgIpc) is 3.47. The van der Waals surface area contributed by atoms with Crippen LogP contribution in [-0.2, 0) is 9.59 Å². The molecule has 0 spiro atoms. The zero-order valence-electron chi connectivity index (χ0n) is 18.6. The summed E-state index contributed by atoms with van der Waals surface area (Å²) in [5.74, 6) is -3.05. The molecule has 2 aromatic rings. The highest BCUT2D eigenvalue weighted by Crippen LogP contribution is 2.52. The van der Waals surface area contributed by atoms with Gasteiger partial charge in [-0.3, -0.25) is 19.2 Å². The Morgan fingerprint density at radius 3 is 2.18 bits per heavy atom. The summed E-state index contributed by atoms with van der Waals surface area (Å²) in [6.07, 6.45) is 4.71. The zero-order valence-corrected chi connectivity index (χ0v) is 20.1. The topological polar surface area (TPSA) is 74.8 Å². The van der Waals surface area contributed by atoms with E-state index >= 15 is 0 Å². The van der Waals surface area contributed by atoms with Gasteiger partial charge in [-0.15, -0.1) is 0 Å². The van der Waals surface area contributed by atoms with Crippen LogP contribution in [0.1, 0.15) is 38.3 Å². The summed E-state index contributed by atoms with van der Waals surface area (Å²) >= 11 is 12.3. The first-order valence-electron chi connectivity index (χ1n) is 11.1. The first kappa shape index (κ1) is 22.8. The number of nitrogens with zero attached hydrogens (tertiary/aromatic N) is 2. The quantitative estimate of drug-likeness (QED) is 0.342. The molecular weight excluding hydrogens is 475 g/mol. The van der Waals surface area contributed by atoms with E-state index in [2.05, 4.69) is 0 Å². The third-order valence-electron chi connectivity index (χ3n) is 7.21. The van der Waals surface area contributed by atoms with E-state index in [0.717, 1.165) is 27.6 Å². The molecule has 0 aromatic heterocycles.